The van der Waals surface area contributed by atoms with E-state index < -0.39 is 11.9 Å². The molecule has 0 saturated carbocycles. The predicted octanol–water partition coefficient (Wildman–Crippen LogP) is 3.61. The molecule has 122 valence electrons. The first-order chi connectivity index (χ1) is 10.8. The Kier molecular flexibility index (Phi) is 3.95. The molecule has 0 unspecified atom stereocenters. The van der Waals surface area contributed by atoms with Crippen LogP contribution in [-0.4, -0.2) is 15.0 Å². The summed E-state index contributed by atoms with van der Waals surface area (Å²) in [6.45, 7) is 5.12. The molecule has 0 atom stereocenters. The minimum absolute atomic E-state index is 0.309. The van der Waals surface area contributed by atoms with Crippen LogP contribution in [-0.2, 0) is 25.7 Å². The molecule has 0 saturated heterocycles. The minimum atomic E-state index is -4.44. The molecule has 0 bridgehead atoms. The van der Waals surface area contributed by atoms with Crippen LogP contribution in [0.1, 0.15) is 36.6 Å². The second-order valence-electron chi connectivity index (χ2n) is 6.09. The summed E-state index contributed by atoms with van der Waals surface area (Å²) in [6, 6.07) is 3.95. The minimum Gasteiger partial charge on any atom is -0.346 e. The van der Waals surface area contributed by atoms with Crippen molar-refractivity contribution in [1.82, 2.24) is 15.0 Å². The summed E-state index contributed by atoms with van der Waals surface area (Å²) in [6.07, 6.45) is -1.88. The smallest absolute Gasteiger partial charge is 0.346 e. The Labute approximate surface area is 132 Å². The number of alkyl halides is 3. The van der Waals surface area contributed by atoms with Crippen molar-refractivity contribution < 1.29 is 13.2 Å². The normalized spacial score (nSPS) is 14.4. The molecule has 0 fully saturated rings. The van der Waals surface area contributed by atoms with Crippen LogP contribution in [0.15, 0.2) is 24.4 Å². The SMILES string of the molecule is CC(C)Cc1ncc2c(n1)CN(c1cccc(C(F)(F)F)n1)C2. The third kappa shape index (κ3) is 3.43. The Morgan fingerprint density at radius 3 is 2.65 bits per heavy atom. The maximum absolute atomic E-state index is 12.8. The molecule has 23 heavy (non-hydrogen) atoms. The maximum atomic E-state index is 12.8. The van der Waals surface area contributed by atoms with Gasteiger partial charge in [-0.25, -0.2) is 15.0 Å². The highest BCUT2D eigenvalue weighted by Gasteiger charge is 2.33. The Balaban J connectivity index is 1.82. The summed E-state index contributed by atoms with van der Waals surface area (Å²) in [4.78, 5) is 14.4. The average Bonchev–Trinajstić information content (AvgIpc) is 2.89. The molecule has 1 aliphatic heterocycles. The summed E-state index contributed by atoms with van der Waals surface area (Å²) >= 11 is 0. The van der Waals surface area contributed by atoms with Crippen molar-refractivity contribution in [3.63, 3.8) is 0 Å². The van der Waals surface area contributed by atoms with Crippen molar-refractivity contribution in [2.45, 2.75) is 39.5 Å². The van der Waals surface area contributed by atoms with Gasteiger partial charge in [0.05, 0.1) is 12.2 Å². The van der Waals surface area contributed by atoms with Gasteiger partial charge in [-0.15, -0.1) is 0 Å². The van der Waals surface area contributed by atoms with Crippen LogP contribution in [0.2, 0.25) is 0 Å². The van der Waals surface area contributed by atoms with Gasteiger partial charge in [-0.3, -0.25) is 0 Å². The molecule has 7 heteroatoms. The molecule has 0 aliphatic carbocycles. The van der Waals surface area contributed by atoms with Crippen molar-refractivity contribution >= 4 is 5.82 Å². The van der Waals surface area contributed by atoms with Crippen molar-refractivity contribution in [2.75, 3.05) is 4.90 Å². The first-order valence-electron chi connectivity index (χ1n) is 7.46. The van der Waals surface area contributed by atoms with Gasteiger partial charge >= 0.3 is 6.18 Å². The molecule has 0 aromatic carbocycles. The number of hydrogen-bond acceptors (Lipinski definition) is 4. The Morgan fingerprint density at radius 1 is 1.17 bits per heavy atom. The van der Waals surface area contributed by atoms with E-state index in [4.69, 9.17) is 0 Å². The standard InChI is InChI=1S/C16H17F3N4/c1-10(2)6-14-20-7-11-8-23(9-12(11)21-14)15-5-3-4-13(22-15)16(17,18)19/h3-5,7,10H,6,8-9H2,1-2H3. The number of aromatic nitrogens is 3. The van der Waals surface area contributed by atoms with Gasteiger partial charge in [0, 0.05) is 24.7 Å². The number of pyridine rings is 1. The number of nitrogens with zero attached hydrogens (tertiary/aromatic N) is 4. The maximum Gasteiger partial charge on any atom is 0.433 e. The van der Waals surface area contributed by atoms with Crippen LogP contribution in [0, 0.1) is 5.92 Å². The lowest BCUT2D eigenvalue weighted by molar-refractivity contribution is -0.141. The number of halogens is 3. The van der Waals surface area contributed by atoms with Crippen molar-refractivity contribution in [2.24, 2.45) is 5.92 Å². The molecule has 0 spiro atoms. The monoisotopic (exact) mass is 322 g/mol. The fourth-order valence-corrected chi connectivity index (χ4v) is 2.58. The predicted molar refractivity (Wildman–Crippen MR) is 79.7 cm³/mol. The molecule has 3 rings (SSSR count). The lowest BCUT2D eigenvalue weighted by Crippen LogP contribution is -2.18. The van der Waals surface area contributed by atoms with E-state index in [1.165, 1.54) is 6.07 Å². The fraction of sp³-hybridized carbons (Fsp3) is 0.438. The first-order valence-corrected chi connectivity index (χ1v) is 7.46. The van der Waals surface area contributed by atoms with Gasteiger partial charge in [0.1, 0.15) is 17.3 Å². The van der Waals surface area contributed by atoms with E-state index in [2.05, 4.69) is 28.8 Å². The zero-order valence-electron chi connectivity index (χ0n) is 12.9. The highest BCUT2D eigenvalue weighted by molar-refractivity contribution is 5.45. The summed E-state index contributed by atoms with van der Waals surface area (Å²) in [5, 5.41) is 0. The number of fused-ring (bicyclic) bond motifs is 1. The van der Waals surface area contributed by atoms with E-state index in [1.807, 2.05) is 0 Å². The molecule has 2 aromatic rings. The highest BCUT2D eigenvalue weighted by atomic mass is 19.4. The summed E-state index contributed by atoms with van der Waals surface area (Å²) in [5.74, 6) is 1.54. The average molecular weight is 322 g/mol. The van der Waals surface area contributed by atoms with Gasteiger partial charge in [-0.2, -0.15) is 13.2 Å². The van der Waals surface area contributed by atoms with Crippen molar-refractivity contribution in [1.29, 1.82) is 0 Å². The van der Waals surface area contributed by atoms with E-state index in [1.54, 1.807) is 17.2 Å². The third-order valence-corrected chi connectivity index (χ3v) is 3.65. The molecule has 1 aliphatic rings. The molecular weight excluding hydrogens is 305 g/mol. The van der Waals surface area contributed by atoms with Gasteiger partial charge in [-0.1, -0.05) is 19.9 Å². The van der Waals surface area contributed by atoms with E-state index in [0.717, 1.165) is 29.6 Å². The van der Waals surface area contributed by atoms with Crippen LogP contribution in [0.4, 0.5) is 19.0 Å². The zero-order chi connectivity index (χ0) is 16.6. The van der Waals surface area contributed by atoms with Gasteiger partial charge in [0.25, 0.3) is 0 Å². The van der Waals surface area contributed by atoms with Crippen LogP contribution in [0.25, 0.3) is 0 Å². The van der Waals surface area contributed by atoms with Crippen molar-refractivity contribution in [3.05, 3.63) is 47.2 Å². The third-order valence-electron chi connectivity index (χ3n) is 3.65. The number of rotatable bonds is 3. The van der Waals surface area contributed by atoms with E-state index in [-0.39, 0.29) is 0 Å². The van der Waals surface area contributed by atoms with E-state index in [0.29, 0.717) is 24.8 Å². The Morgan fingerprint density at radius 2 is 1.96 bits per heavy atom. The van der Waals surface area contributed by atoms with Gasteiger partial charge in [0.15, 0.2) is 0 Å². The summed E-state index contributed by atoms with van der Waals surface area (Å²) < 4.78 is 38.4. The van der Waals surface area contributed by atoms with Gasteiger partial charge in [0.2, 0.25) is 0 Å². The molecule has 0 radical (unpaired) electrons. The highest BCUT2D eigenvalue weighted by Crippen LogP contribution is 2.31. The van der Waals surface area contributed by atoms with Crippen LogP contribution in [0.5, 0.6) is 0 Å². The second-order valence-corrected chi connectivity index (χ2v) is 6.09. The second kappa shape index (κ2) is 5.79. The van der Waals surface area contributed by atoms with Gasteiger partial charge < -0.3 is 4.90 Å². The number of anilines is 1. The van der Waals surface area contributed by atoms with Crippen LogP contribution < -0.4 is 4.90 Å². The summed E-state index contributed by atoms with van der Waals surface area (Å²) in [5.41, 5.74) is 0.934. The molecule has 3 heterocycles. The molecule has 2 aromatic heterocycles. The molecule has 0 amide bonds. The Hall–Kier alpha value is -2.18. The zero-order valence-corrected chi connectivity index (χ0v) is 12.9. The van der Waals surface area contributed by atoms with Crippen molar-refractivity contribution in [3.8, 4) is 0 Å². The van der Waals surface area contributed by atoms with Crippen LogP contribution in [0.3, 0.4) is 0 Å². The van der Waals surface area contributed by atoms with Gasteiger partial charge in [-0.05, 0) is 18.1 Å². The number of hydrogen-bond donors (Lipinski definition) is 0. The molecular formula is C16H17F3N4. The first kappa shape index (κ1) is 15.7. The van der Waals surface area contributed by atoms with E-state index >= 15 is 0 Å². The lowest BCUT2D eigenvalue weighted by Gasteiger charge is -2.17. The molecule has 4 nitrogen and oxygen atoms in total. The quantitative estimate of drug-likeness (QED) is 0.866. The van der Waals surface area contributed by atoms with E-state index in [9.17, 15) is 13.2 Å². The lowest BCUT2D eigenvalue weighted by atomic mass is 10.1. The topological polar surface area (TPSA) is 41.9 Å². The van der Waals surface area contributed by atoms with Crippen LogP contribution >= 0.6 is 0 Å². The molecule has 0 N–H and O–H groups in total. The fourth-order valence-electron chi connectivity index (χ4n) is 2.58. The largest absolute Gasteiger partial charge is 0.433 e. The summed E-state index contributed by atoms with van der Waals surface area (Å²) in [7, 11) is 0. The Bertz CT molecular complexity index is 713.